The molecule has 0 aliphatic carbocycles. The molecule has 0 aliphatic heterocycles. The third-order valence-corrected chi connectivity index (χ3v) is 5.09. The largest absolute Gasteiger partial charge is 0.396 e. The van der Waals surface area contributed by atoms with Gasteiger partial charge >= 0.3 is 0 Å². The quantitative estimate of drug-likeness (QED) is 0.678. The van der Waals surface area contributed by atoms with Crippen molar-refractivity contribution in [1.29, 1.82) is 0 Å². The molecule has 0 spiro atoms. The summed E-state index contributed by atoms with van der Waals surface area (Å²) in [4.78, 5) is 11.5. The lowest BCUT2D eigenvalue weighted by molar-refractivity contribution is -0.122. The molecule has 1 rings (SSSR count). The van der Waals surface area contributed by atoms with Crippen LogP contribution < -0.4 is 15.8 Å². The lowest BCUT2D eigenvalue weighted by Gasteiger charge is -2.15. The van der Waals surface area contributed by atoms with Crippen LogP contribution in [-0.4, -0.2) is 26.9 Å². The van der Waals surface area contributed by atoms with Gasteiger partial charge in [-0.2, -0.15) is 4.72 Å². The van der Waals surface area contributed by atoms with Crippen LogP contribution in [0.15, 0.2) is 17.0 Å². The Morgan fingerprint density at radius 1 is 1.38 bits per heavy atom. The Hall–Kier alpha value is -1.02. The fourth-order valence-corrected chi connectivity index (χ4v) is 3.48. The second-order valence-corrected chi connectivity index (χ2v) is 6.87. The molecule has 0 saturated carbocycles. The summed E-state index contributed by atoms with van der Waals surface area (Å²) in [7, 11) is -3.98. The summed E-state index contributed by atoms with van der Waals surface area (Å²) in [5.74, 6) is -0.418. The van der Waals surface area contributed by atoms with Gasteiger partial charge in [-0.3, -0.25) is 4.79 Å². The van der Waals surface area contributed by atoms with E-state index in [4.69, 9.17) is 28.9 Å². The topological polar surface area (TPSA) is 101 Å². The van der Waals surface area contributed by atoms with Crippen molar-refractivity contribution in [2.45, 2.75) is 31.2 Å². The van der Waals surface area contributed by atoms with Gasteiger partial charge in [-0.15, -0.1) is 0 Å². The van der Waals surface area contributed by atoms with Crippen molar-refractivity contribution in [3.8, 4) is 0 Å². The highest BCUT2D eigenvalue weighted by atomic mass is 35.5. The number of sulfonamides is 1. The Morgan fingerprint density at radius 2 is 2.00 bits per heavy atom. The zero-order valence-electron chi connectivity index (χ0n) is 11.6. The Bertz CT molecular complexity index is 635. The number of carbonyl (C=O) groups excluding carboxylic acids is 1. The molecule has 1 atom stereocenters. The van der Waals surface area contributed by atoms with Crippen LogP contribution in [0.25, 0.3) is 0 Å². The van der Waals surface area contributed by atoms with E-state index >= 15 is 0 Å². The Morgan fingerprint density at radius 3 is 2.57 bits per heavy atom. The first kappa shape index (κ1) is 18.0. The molecule has 4 N–H and O–H groups in total. The number of amides is 1. The number of carbonyl (C=O) groups is 1. The van der Waals surface area contributed by atoms with Gasteiger partial charge in [0.25, 0.3) is 0 Å². The predicted octanol–water partition coefficient (Wildman–Crippen LogP) is 1.77. The normalized spacial score (nSPS) is 13.0. The van der Waals surface area contributed by atoms with Crippen LogP contribution in [0.1, 0.15) is 20.3 Å². The summed E-state index contributed by atoms with van der Waals surface area (Å²) in [6.07, 6.45) is 0.755. The van der Waals surface area contributed by atoms with Gasteiger partial charge in [0, 0.05) is 6.54 Å². The molecule has 9 heteroatoms. The van der Waals surface area contributed by atoms with Crippen molar-refractivity contribution in [3.63, 3.8) is 0 Å². The van der Waals surface area contributed by atoms with Crippen LogP contribution in [0.4, 0.5) is 5.69 Å². The maximum Gasteiger partial charge on any atom is 0.242 e. The average molecular weight is 354 g/mol. The maximum absolute atomic E-state index is 12.2. The second kappa shape index (κ2) is 7.31. The Balaban J connectivity index is 2.97. The van der Waals surface area contributed by atoms with Crippen LogP contribution in [-0.2, 0) is 14.8 Å². The van der Waals surface area contributed by atoms with Crippen molar-refractivity contribution >= 4 is 44.8 Å². The van der Waals surface area contributed by atoms with E-state index in [0.717, 1.165) is 6.42 Å². The zero-order valence-corrected chi connectivity index (χ0v) is 13.9. The summed E-state index contributed by atoms with van der Waals surface area (Å²) >= 11 is 11.7. The number of nitrogen functional groups attached to an aromatic ring is 1. The van der Waals surface area contributed by atoms with E-state index < -0.39 is 22.0 Å². The van der Waals surface area contributed by atoms with Gasteiger partial charge in [-0.05, 0) is 25.5 Å². The van der Waals surface area contributed by atoms with Crippen LogP contribution in [0.2, 0.25) is 10.0 Å². The lowest BCUT2D eigenvalue weighted by Crippen LogP contribution is -2.44. The monoisotopic (exact) mass is 353 g/mol. The molecule has 6 nitrogen and oxygen atoms in total. The number of hydrogen-bond acceptors (Lipinski definition) is 4. The van der Waals surface area contributed by atoms with Gasteiger partial charge < -0.3 is 11.1 Å². The fourth-order valence-electron chi connectivity index (χ4n) is 1.51. The van der Waals surface area contributed by atoms with E-state index in [9.17, 15) is 13.2 Å². The smallest absolute Gasteiger partial charge is 0.242 e. The van der Waals surface area contributed by atoms with Gasteiger partial charge in [0.15, 0.2) is 0 Å². The number of benzene rings is 1. The number of rotatable bonds is 6. The van der Waals surface area contributed by atoms with Crippen LogP contribution in [0, 0.1) is 0 Å². The predicted molar refractivity (Wildman–Crippen MR) is 84.0 cm³/mol. The van der Waals surface area contributed by atoms with Crippen molar-refractivity contribution in [2.75, 3.05) is 12.3 Å². The summed E-state index contributed by atoms with van der Waals surface area (Å²) < 4.78 is 26.7. The summed E-state index contributed by atoms with van der Waals surface area (Å²) in [6.45, 7) is 3.81. The Kier molecular flexibility index (Phi) is 6.27. The SMILES string of the molecule is CCCNC(=O)C(C)NS(=O)(=O)c1ccc(Cl)c(N)c1Cl. The van der Waals surface area contributed by atoms with Gasteiger partial charge in [-0.25, -0.2) is 8.42 Å². The van der Waals surface area contributed by atoms with Crippen LogP contribution in [0.3, 0.4) is 0 Å². The molecule has 0 fully saturated rings. The maximum atomic E-state index is 12.2. The number of halogens is 2. The average Bonchev–Trinajstić information content (AvgIpc) is 2.41. The van der Waals surface area contributed by atoms with Crippen molar-refractivity contribution in [3.05, 3.63) is 22.2 Å². The summed E-state index contributed by atoms with van der Waals surface area (Å²) in [6, 6.07) is 1.63. The standard InChI is InChI=1S/C12H17Cl2N3O3S/c1-3-6-16-12(18)7(2)17-21(19,20)9-5-4-8(13)11(15)10(9)14/h4-5,7,17H,3,6,15H2,1-2H3,(H,16,18). The highest BCUT2D eigenvalue weighted by Crippen LogP contribution is 2.33. The first-order valence-corrected chi connectivity index (χ1v) is 8.48. The van der Waals surface area contributed by atoms with E-state index in [2.05, 4.69) is 10.0 Å². The van der Waals surface area contributed by atoms with Gasteiger partial charge in [0.2, 0.25) is 15.9 Å². The highest BCUT2D eigenvalue weighted by molar-refractivity contribution is 7.89. The Labute approximate surface area is 134 Å². The minimum absolute atomic E-state index is 0.0238. The van der Waals surface area contributed by atoms with Crippen molar-refractivity contribution in [2.24, 2.45) is 0 Å². The molecule has 0 bridgehead atoms. The molecule has 0 heterocycles. The number of anilines is 1. The fraction of sp³-hybridized carbons (Fsp3) is 0.417. The minimum atomic E-state index is -3.98. The van der Waals surface area contributed by atoms with Gasteiger partial charge in [0.05, 0.1) is 21.8 Å². The highest BCUT2D eigenvalue weighted by Gasteiger charge is 2.25. The molecule has 0 radical (unpaired) electrons. The molecule has 21 heavy (non-hydrogen) atoms. The molecule has 1 aromatic rings. The molecular formula is C12H17Cl2N3O3S. The van der Waals surface area contributed by atoms with Crippen LogP contribution >= 0.6 is 23.2 Å². The van der Waals surface area contributed by atoms with E-state index in [1.54, 1.807) is 0 Å². The lowest BCUT2D eigenvalue weighted by atomic mass is 10.3. The zero-order chi connectivity index (χ0) is 16.2. The first-order chi connectivity index (χ1) is 9.70. The molecular weight excluding hydrogens is 337 g/mol. The van der Waals surface area contributed by atoms with Gasteiger partial charge in [0.1, 0.15) is 4.90 Å². The third kappa shape index (κ3) is 4.47. The van der Waals surface area contributed by atoms with E-state index in [-0.39, 0.29) is 20.6 Å². The first-order valence-electron chi connectivity index (χ1n) is 6.24. The molecule has 1 amide bonds. The third-order valence-electron chi connectivity index (χ3n) is 2.66. The summed E-state index contributed by atoms with van der Waals surface area (Å²) in [5, 5.41) is 2.59. The van der Waals surface area contributed by atoms with Crippen molar-refractivity contribution < 1.29 is 13.2 Å². The van der Waals surface area contributed by atoms with Crippen LogP contribution in [0.5, 0.6) is 0 Å². The van der Waals surface area contributed by atoms with E-state index in [1.807, 2.05) is 6.92 Å². The minimum Gasteiger partial charge on any atom is -0.396 e. The van der Waals surface area contributed by atoms with E-state index in [0.29, 0.717) is 6.54 Å². The number of hydrogen-bond donors (Lipinski definition) is 3. The molecule has 1 aromatic carbocycles. The number of nitrogens with one attached hydrogen (secondary N) is 2. The molecule has 118 valence electrons. The van der Waals surface area contributed by atoms with Gasteiger partial charge in [-0.1, -0.05) is 30.1 Å². The molecule has 1 unspecified atom stereocenters. The van der Waals surface area contributed by atoms with Crippen molar-refractivity contribution in [1.82, 2.24) is 10.0 Å². The molecule has 0 aliphatic rings. The number of nitrogens with two attached hydrogens (primary N) is 1. The van der Waals surface area contributed by atoms with E-state index in [1.165, 1.54) is 19.1 Å². The molecule has 0 saturated heterocycles. The molecule has 0 aromatic heterocycles. The summed E-state index contributed by atoms with van der Waals surface area (Å²) in [5.41, 5.74) is 5.58. The second-order valence-electron chi connectivity index (χ2n) is 4.41.